The Morgan fingerprint density at radius 3 is 1.30 bits per heavy atom. The molecule has 8 atom stereocenters. The van der Waals surface area contributed by atoms with Crippen molar-refractivity contribution in [1.29, 1.82) is 0 Å². The number of allylic oxidation sites excluding steroid dienone is 2. The van der Waals surface area contributed by atoms with Gasteiger partial charge in [0.2, 0.25) is 0 Å². The van der Waals surface area contributed by atoms with Gasteiger partial charge in [-0.2, -0.15) is 0 Å². The summed E-state index contributed by atoms with van der Waals surface area (Å²) in [5.41, 5.74) is 0. The van der Waals surface area contributed by atoms with Crippen molar-refractivity contribution in [1.82, 2.24) is 0 Å². The van der Waals surface area contributed by atoms with E-state index in [1.54, 1.807) is 0 Å². The lowest BCUT2D eigenvalue weighted by molar-refractivity contribution is -0.216. The number of rotatable bonds is 41. The monoisotopic (exact) mass is 945 g/mol. The number of unbranched alkanes of at least 4 members (excludes halogenated alkanes) is 25. The molecule has 1 saturated carbocycles. The zero-order valence-corrected chi connectivity index (χ0v) is 40.3. The molecule has 372 valence electrons. The number of esters is 2. The molecule has 1 aliphatic carbocycles. The van der Waals surface area contributed by atoms with E-state index < -0.39 is 83.5 Å². The van der Waals surface area contributed by atoms with E-state index in [-0.39, 0.29) is 12.8 Å². The van der Waals surface area contributed by atoms with Crippen molar-refractivity contribution >= 4 is 27.6 Å². The van der Waals surface area contributed by atoms with Gasteiger partial charge in [0.25, 0.3) is 0 Å². The highest BCUT2D eigenvalue weighted by molar-refractivity contribution is 7.47. The van der Waals surface area contributed by atoms with Crippen LogP contribution in [0.15, 0.2) is 12.2 Å². The molecular formula is C45H86O16P2. The number of hydrogen-bond acceptors (Lipinski definition) is 13. The molecule has 0 aliphatic heterocycles. The number of ether oxygens (including phenoxy) is 2. The molecule has 0 aromatic rings. The van der Waals surface area contributed by atoms with Gasteiger partial charge < -0.3 is 44.6 Å². The normalized spacial score (nSPS) is 22.0. The second kappa shape index (κ2) is 36.8. The van der Waals surface area contributed by atoms with Gasteiger partial charge in [-0.05, 0) is 38.5 Å². The summed E-state index contributed by atoms with van der Waals surface area (Å²) in [6.07, 6.45) is 21.7. The van der Waals surface area contributed by atoms with Crippen molar-refractivity contribution in [2.75, 3.05) is 13.2 Å². The molecule has 0 radical (unpaired) electrons. The Morgan fingerprint density at radius 2 is 0.873 bits per heavy atom. The predicted molar refractivity (Wildman–Crippen MR) is 241 cm³/mol. The van der Waals surface area contributed by atoms with Gasteiger partial charge in [0.1, 0.15) is 43.2 Å². The summed E-state index contributed by atoms with van der Waals surface area (Å²) in [5.74, 6) is -1.20. The van der Waals surface area contributed by atoms with E-state index >= 15 is 0 Å². The van der Waals surface area contributed by atoms with Gasteiger partial charge in [-0.3, -0.25) is 23.2 Å². The van der Waals surface area contributed by atoms with Crippen molar-refractivity contribution < 1.29 is 76.9 Å². The van der Waals surface area contributed by atoms with Crippen LogP contribution in [0.1, 0.15) is 206 Å². The maximum atomic E-state index is 13.0. The number of carbonyl (C=O) groups excluding carboxylic acids is 2. The van der Waals surface area contributed by atoms with E-state index in [2.05, 4.69) is 30.5 Å². The van der Waals surface area contributed by atoms with E-state index in [9.17, 15) is 44.0 Å². The molecule has 7 N–H and O–H groups in total. The van der Waals surface area contributed by atoms with E-state index in [0.29, 0.717) is 12.8 Å². The molecule has 0 amide bonds. The first-order chi connectivity index (χ1) is 30.1. The summed E-state index contributed by atoms with van der Waals surface area (Å²) in [6, 6.07) is 0. The molecule has 1 fully saturated rings. The first kappa shape index (κ1) is 59.8. The summed E-state index contributed by atoms with van der Waals surface area (Å²) in [4.78, 5) is 54.3. The largest absolute Gasteiger partial charge is 0.472 e. The molecule has 0 aromatic carbocycles. The fraction of sp³-hybridized carbons (Fsp3) is 0.911. The minimum absolute atomic E-state index is 0.0487. The third-order valence-electron chi connectivity index (χ3n) is 11.3. The SMILES string of the molecule is CCCCCCCCC=CCCCCCCCCCC(=O)OC[C@H](COP(=O)(O)O[C@H]1C(O)C(O)C(O)[C@@H](OP(=O)(O)O)C1O)OC(=O)CCCCCCCCCCCCCCC. The van der Waals surface area contributed by atoms with Crippen LogP contribution in [0, 0.1) is 0 Å². The van der Waals surface area contributed by atoms with Gasteiger partial charge in [0, 0.05) is 12.8 Å². The van der Waals surface area contributed by atoms with Crippen molar-refractivity contribution in [3.63, 3.8) is 0 Å². The molecule has 0 spiro atoms. The molecule has 1 aliphatic rings. The minimum atomic E-state index is -5.36. The maximum Gasteiger partial charge on any atom is 0.472 e. The van der Waals surface area contributed by atoms with Gasteiger partial charge >= 0.3 is 27.6 Å². The highest BCUT2D eigenvalue weighted by Gasteiger charge is 2.54. The average Bonchev–Trinajstić information content (AvgIpc) is 3.23. The number of aliphatic hydroxyl groups excluding tert-OH is 4. The van der Waals surface area contributed by atoms with E-state index in [1.165, 1.54) is 96.3 Å². The van der Waals surface area contributed by atoms with Crippen molar-refractivity contribution in [2.45, 2.75) is 249 Å². The average molecular weight is 945 g/mol. The van der Waals surface area contributed by atoms with Gasteiger partial charge in [0.15, 0.2) is 6.10 Å². The lowest BCUT2D eigenvalue weighted by Gasteiger charge is -2.43. The Hall–Kier alpha value is -1.26. The fourth-order valence-electron chi connectivity index (χ4n) is 7.55. The van der Waals surface area contributed by atoms with Crippen LogP contribution in [0.2, 0.25) is 0 Å². The standard InChI is InChI=1S/C45H86O16P2/c1-3-5-7-9-11-13-15-17-18-19-20-22-23-25-27-29-31-33-38(46)57-35-37(59-39(47)34-32-30-28-26-24-21-16-14-12-10-8-6-4-2)36-58-63(55,56)61-45-42(50)40(48)41(49)44(43(45)51)60-62(52,53)54/h17-18,37,40-45,48-51H,3-16,19-36H2,1-2H3,(H,55,56)(H2,52,53,54)/t37-,40?,41?,42?,43?,44-,45+/m1/s1. The smallest absolute Gasteiger partial charge is 0.462 e. The van der Waals surface area contributed by atoms with Gasteiger partial charge in [0.05, 0.1) is 6.61 Å². The lowest BCUT2D eigenvalue weighted by atomic mass is 9.85. The predicted octanol–water partition coefficient (Wildman–Crippen LogP) is 9.18. The van der Waals surface area contributed by atoms with Crippen LogP contribution in [-0.2, 0) is 41.8 Å². The van der Waals surface area contributed by atoms with Crippen LogP contribution in [0.3, 0.4) is 0 Å². The molecular weight excluding hydrogens is 858 g/mol. The summed E-state index contributed by atoms with van der Waals surface area (Å²) >= 11 is 0. The van der Waals surface area contributed by atoms with Crippen LogP contribution in [0.4, 0.5) is 0 Å². The topological polar surface area (TPSA) is 256 Å². The number of hydrogen-bond donors (Lipinski definition) is 7. The number of carbonyl (C=O) groups is 2. The Labute approximate surface area is 378 Å². The number of phosphoric ester groups is 2. The van der Waals surface area contributed by atoms with E-state index in [1.807, 2.05) is 0 Å². The van der Waals surface area contributed by atoms with E-state index in [4.69, 9.17) is 28.3 Å². The molecule has 1 rings (SSSR count). The molecule has 0 bridgehead atoms. The third-order valence-corrected chi connectivity index (χ3v) is 12.8. The van der Waals surface area contributed by atoms with Crippen LogP contribution in [0.25, 0.3) is 0 Å². The quantitative estimate of drug-likeness (QED) is 0.0130. The number of aliphatic hydroxyl groups is 4. The molecule has 0 heterocycles. The van der Waals surface area contributed by atoms with Crippen LogP contribution >= 0.6 is 15.6 Å². The van der Waals surface area contributed by atoms with Gasteiger partial charge in [-0.1, -0.05) is 167 Å². The molecule has 0 saturated heterocycles. The van der Waals surface area contributed by atoms with Gasteiger partial charge in [-0.15, -0.1) is 0 Å². The van der Waals surface area contributed by atoms with Crippen molar-refractivity contribution in [3.8, 4) is 0 Å². The van der Waals surface area contributed by atoms with Crippen molar-refractivity contribution in [3.05, 3.63) is 12.2 Å². The summed E-state index contributed by atoms with van der Waals surface area (Å²) in [6.45, 7) is 3.11. The minimum Gasteiger partial charge on any atom is -0.462 e. The molecule has 18 heteroatoms. The molecule has 5 unspecified atom stereocenters. The Bertz CT molecular complexity index is 1280. The van der Waals surface area contributed by atoms with Crippen LogP contribution in [0.5, 0.6) is 0 Å². The third kappa shape index (κ3) is 31.4. The zero-order valence-electron chi connectivity index (χ0n) is 38.5. The summed E-state index contributed by atoms with van der Waals surface area (Å²) in [5, 5.41) is 41.2. The lowest BCUT2D eigenvalue weighted by Crippen LogP contribution is -2.64. The Balaban J connectivity index is 2.56. The fourth-order valence-corrected chi connectivity index (χ4v) is 9.09. The highest BCUT2D eigenvalue weighted by atomic mass is 31.2. The first-order valence-corrected chi connectivity index (χ1v) is 27.3. The highest BCUT2D eigenvalue weighted by Crippen LogP contribution is 2.49. The zero-order chi connectivity index (χ0) is 46.8. The van der Waals surface area contributed by atoms with E-state index in [0.717, 1.165) is 70.6 Å². The van der Waals surface area contributed by atoms with Crippen LogP contribution in [-0.4, -0.2) is 103 Å². The Kier molecular flexibility index (Phi) is 34.9. The van der Waals surface area contributed by atoms with Crippen molar-refractivity contribution in [2.24, 2.45) is 0 Å². The Morgan fingerprint density at radius 1 is 0.492 bits per heavy atom. The molecule has 63 heavy (non-hydrogen) atoms. The maximum absolute atomic E-state index is 13.0. The molecule has 0 aromatic heterocycles. The summed E-state index contributed by atoms with van der Waals surface area (Å²) in [7, 11) is -10.7. The van der Waals surface area contributed by atoms with Crippen LogP contribution < -0.4 is 0 Å². The van der Waals surface area contributed by atoms with Gasteiger partial charge in [-0.25, -0.2) is 9.13 Å². The second-order valence-electron chi connectivity index (χ2n) is 17.2. The first-order valence-electron chi connectivity index (χ1n) is 24.2. The summed E-state index contributed by atoms with van der Waals surface area (Å²) < 4.78 is 49.4. The number of phosphoric acid groups is 2. The molecule has 16 nitrogen and oxygen atoms in total. The second-order valence-corrected chi connectivity index (χ2v) is 19.8.